The Morgan fingerprint density at radius 1 is 1.38 bits per heavy atom. The fourth-order valence-electron chi connectivity index (χ4n) is 1.79. The van der Waals surface area contributed by atoms with Crippen LogP contribution in [0.1, 0.15) is 26.2 Å². The molecule has 0 radical (unpaired) electrons. The van der Waals surface area contributed by atoms with Crippen molar-refractivity contribution < 1.29 is 18.5 Å². The van der Waals surface area contributed by atoms with E-state index in [1.165, 1.54) is 0 Å². The number of anilines is 1. The maximum absolute atomic E-state index is 13.5. The van der Waals surface area contributed by atoms with E-state index in [1.807, 2.05) is 6.92 Å². The third kappa shape index (κ3) is 5.07. The van der Waals surface area contributed by atoms with Crippen LogP contribution in [0.25, 0.3) is 0 Å². The first kappa shape index (κ1) is 17.0. The van der Waals surface area contributed by atoms with Crippen LogP contribution in [-0.4, -0.2) is 17.4 Å². The predicted octanol–water partition coefficient (Wildman–Crippen LogP) is 2.58. The number of nitrogens with one attached hydrogen (secondary N) is 1. The average molecular weight is 301 g/mol. The number of hydrogen-bond donors (Lipinski definition) is 2. The number of nitro groups is 1. The number of amides is 1. The standard InChI is InChI=1S/C13H17F2N3O3/c1-8(4-5-16)2-3-13(19)17-11-7-12(18(20)21)10(15)6-9(11)14/h6-8H,2-5,16H2,1H3,(H,17,19). The van der Waals surface area contributed by atoms with Crippen LogP contribution < -0.4 is 11.1 Å². The van der Waals surface area contributed by atoms with E-state index in [0.717, 1.165) is 6.42 Å². The molecule has 0 saturated heterocycles. The molecule has 0 aliphatic carbocycles. The van der Waals surface area contributed by atoms with Gasteiger partial charge in [-0.1, -0.05) is 6.92 Å². The number of halogens is 2. The van der Waals surface area contributed by atoms with Crippen molar-refractivity contribution in [3.05, 3.63) is 33.9 Å². The zero-order valence-electron chi connectivity index (χ0n) is 11.6. The monoisotopic (exact) mass is 301 g/mol. The van der Waals surface area contributed by atoms with Gasteiger partial charge in [0.05, 0.1) is 10.6 Å². The molecule has 0 saturated carbocycles. The number of benzene rings is 1. The van der Waals surface area contributed by atoms with Crippen LogP contribution in [-0.2, 0) is 4.79 Å². The molecule has 3 N–H and O–H groups in total. The molecule has 1 aromatic carbocycles. The Bertz CT molecular complexity index is 538. The molecule has 0 fully saturated rings. The predicted molar refractivity (Wildman–Crippen MR) is 73.7 cm³/mol. The van der Waals surface area contributed by atoms with Gasteiger partial charge in [-0.3, -0.25) is 14.9 Å². The van der Waals surface area contributed by atoms with Crippen molar-refractivity contribution in [2.75, 3.05) is 11.9 Å². The smallest absolute Gasteiger partial charge is 0.307 e. The summed E-state index contributed by atoms with van der Waals surface area (Å²) >= 11 is 0. The first-order valence-corrected chi connectivity index (χ1v) is 6.48. The Kier molecular flexibility index (Phi) is 6.16. The van der Waals surface area contributed by atoms with E-state index in [9.17, 15) is 23.7 Å². The van der Waals surface area contributed by atoms with Crippen LogP contribution in [0.3, 0.4) is 0 Å². The normalized spacial score (nSPS) is 12.0. The van der Waals surface area contributed by atoms with Gasteiger partial charge in [0.15, 0.2) is 0 Å². The third-order valence-electron chi connectivity index (χ3n) is 3.03. The average Bonchev–Trinajstić information content (AvgIpc) is 2.39. The number of rotatable bonds is 7. The maximum atomic E-state index is 13.5. The van der Waals surface area contributed by atoms with E-state index >= 15 is 0 Å². The summed E-state index contributed by atoms with van der Waals surface area (Å²) in [6.07, 6.45) is 1.46. The number of hydrogen-bond acceptors (Lipinski definition) is 4. The first-order valence-electron chi connectivity index (χ1n) is 6.48. The van der Waals surface area contributed by atoms with E-state index in [1.54, 1.807) is 0 Å². The van der Waals surface area contributed by atoms with Crippen LogP contribution in [0.4, 0.5) is 20.2 Å². The number of nitrogens with two attached hydrogens (primary N) is 1. The minimum absolute atomic E-state index is 0.131. The van der Waals surface area contributed by atoms with Gasteiger partial charge in [0.1, 0.15) is 5.82 Å². The minimum Gasteiger partial charge on any atom is -0.330 e. The van der Waals surface area contributed by atoms with Crippen molar-refractivity contribution in [3.8, 4) is 0 Å². The van der Waals surface area contributed by atoms with Crippen molar-refractivity contribution in [2.24, 2.45) is 11.7 Å². The van der Waals surface area contributed by atoms with Gasteiger partial charge in [-0.05, 0) is 25.3 Å². The van der Waals surface area contributed by atoms with Gasteiger partial charge in [0.2, 0.25) is 11.7 Å². The lowest BCUT2D eigenvalue weighted by molar-refractivity contribution is -0.387. The molecule has 8 heteroatoms. The van der Waals surface area contributed by atoms with E-state index in [4.69, 9.17) is 5.73 Å². The Morgan fingerprint density at radius 3 is 2.62 bits per heavy atom. The highest BCUT2D eigenvalue weighted by Crippen LogP contribution is 2.25. The lowest BCUT2D eigenvalue weighted by Crippen LogP contribution is -2.15. The Labute approximate surface area is 120 Å². The topological polar surface area (TPSA) is 98.3 Å². The molecule has 1 aromatic rings. The maximum Gasteiger partial charge on any atom is 0.307 e. The molecule has 1 atom stereocenters. The summed E-state index contributed by atoms with van der Waals surface area (Å²) in [7, 11) is 0. The summed E-state index contributed by atoms with van der Waals surface area (Å²) in [5.74, 6) is -2.58. The second kappa shape index (κ2) is 7.63. The highest BCUT2D eigenvalue weighted by atomic mass is 19.1. The second-order valence-corrected chi connectivity index (χ2v) is 4.81. The van der Waals surface area contributed by atoms with Gasteiger partial charge in [-0.15, -0.1) is 0 Å². The number of nitro benzene ring substituents is 1. The van der Waals surface area contributed by atoms with Crippen molar-refractivity contribution in [1.82, 2.24) is 0 Å². The molecule has 0 spiro atoms. The lowest BCUT2D eigenvalue weighted by Gasteiger charge is -2.10. The highest BCUT2D eigenvalue weighted by molar-refractivity contribution is 5.91. The van der Waals surface area contributed by atoms with Crippen molar-refractivity contribution in [3.63, 3.8) is 0 Å². The summed E-state index contributed by atoms with van der Waals surface area (Å²) < 4.78 is 26.6. The lowest BCUT2D eigenvalue weighted by atomic mass is 10.0. The van der Waals surface area contributed by atoms with Gasteiger partial charge in [0.25, 0.3) is 0 Å². The summed E-state index contributed by atoms with van der Waals surface area (Å²) in [5.41, 5.74) is 4.10. The Morgan fingerprint density at radius 2 is 2.05 bits per heavy atom. The van der Waals surface area contributed by atoms with Gasteiger partial charge < -0.3 is 11.1 Å². The fourth-order valence-corrected chi connectivity index (χ4v) is 1.79. The van der Waals surface area contributed by atoms with E-state index in [-0.39, 0.29) is 12.3 Å². The van der Waals surface area contributed by atoms with Crippen LogP contribution in [0.2, 0.25) is 0 Å². The zero-order valence-corrected chi connectivity index (χ0v) is 11.6. The van der Waals surface area contributed by atoms with Crippen LogP contribution in [0, 0.1) is 27.7 Å². The molecule has 0 bridgehead atoms. The van der Waals surface area contributed by atoms with E-state index in [2.05, 4.69) is 5.32 Å². The van der Waals surface area contributed by atoms with Crippen LogP contribution in [0.15, 0.2) is 12.1 Å². The molecule has 0 aliphatic heterocycles. The second-order valence-electron chi connectivity index (χ2n) is 4.81. The van der Waals surface area contributed by atoms with Gasteiger partial charge >= 0.3 is 5.69 Å². The molecular formula is C13H17F2N3O3. The summed E-state index contributed by atoms with van der Waals surface area (Å²) in [4.78, 5) is 21.3. The molecule has 6 nitrogen and oxygen atoms in total. The first-order chi connectivity index (χ1) is 9.85. The molecule has 116 valence electrons. The SMILES string of the molecule is CC(CCN)CCC(=O)Nc1cc([N+](=O)[O-])c(F)cc1F. The van der Waals surface area contributed by atoms with Gasteiger partial charge in [0, 0.05) is 18.6 Å². The number of carbonyl (C=O) groups excluding carboxylic acids is 1. The van der Waals surface area contributed by atoms with Crippen molar-refractivity contribution in [1.29, 1.82) is 0 Å². The molecule has 0 aliphatic rings. The van der Waals surface area contributed by atoms with Crippen LogP contribution >= 0.6 is 0 Å². The quantitative estimate of drug-likeness (QED) is 0.597. The van der Waals surface area contributed by atoms with Crippen LogP contribution in [0.5, 0.6) is 0 Å². The Hall–Kier alpha value is -2.09. The third-order valence-corrected chi connectivity index (χ3v) is 3.03. The Balaban J connectivity index is 2.72. The van der Waals surface area contributed by atoms with E-state index in [0.29, 0.717) is 25.1 Å². The van der Waals surface area contributed by atoms with Gasteiger partial charge in [-0.2, -0.15) is 4.39 Å². The largest absolute Gasteiger partial charge is 0.330 e. The highest BCUT2D eigenvalue weighted by Gasteiger charge is 2.19. The molecule has 0 aromatic heterocycles. The summed E-state index contributed by atoms with van der Waals surface area (Å²) in [6, 6.07) is 1.05. The molecule has 1 amide bonds. The van der Waals surface area contributed by atoms with Crippen molar-refractivity contribution >= 4 is 17.3 Å². The number of nitrogens with zero attached hydrogens (tertiary/aromatic N) is 1. The molecule has 0 heterocycles. The van der Waals surface area contributed by atoms with Crippen molar-refractivity contribution in [2.45, 2.75) is 26.2 Å². The zero-order chi connectivity index (χ0) is 16.0. The molecule has 1 rings (SSSR count). The van der Waals surface area contributed by atoms with E-state index < -0.39 is 33.8 Å². The summed E-state index contributed by atoms with van der Waals surface area (Å²) in [5, 5.41) is 12.8. The molecule has 21 heavy (non-hydrogen) atoms. The molecular weight excluding hydrogens is 284 g/mol. The summed E-state index contributed by atoms with van der Waals surface area (Å²) in [6.45, 7) is 2.45. The molecule has 1 unspecified atom stereocenters. The fraction of sp³-hybridized carbons (Fsp3) is 0.462. The number of carbonyl (C=O) groups is 1. The minimum atomic E-state index is -1.29. The van der Waals surface area contributed by atoms with Gasteiger partial charge in [-0.25, -0.2) is 4.39 Å².